The molecule has 1 fully saturated rings. The molecule has 0 spiro atoms. The summed E-state index contributed by atoms with van der Waals surface area (Å²) in [5, 5.41) is 3.13. The molecule has 0 aliphatic carbocycles. The smallest absolute Gasteiger partial charge is 0.266 e. The SMILES string of the molecule is Fc1c(C(F)F)cccc1N1CCNCC1. The number of halogens is 3. The third-order valence-electron chi connectivity index (χ3n) is 2.70. The molecule has 0 saturated carbocycles. The van der Waals surface area contributed by atoms with Crippen molar-refractivity contribution in [2.45, 2.75) is 6.43 Å². The number of nitrogens with zero attached hydrogens (tertiary/aromatic N) is 1. The Morgan fingerprint density at radius 1 is 1.19 bits per heavy atom. The standard InChI is InChI=1S/C11H13F3N2/c12-10-8(11(13)14)2-1-3-9(10)16-6-4-15-5-7-16/h1-3,11,15H,4-7H2. The third-order valence-corrected chi connectivity index (χ3v) is 2.70. The van der Waals surface area contributed by atoms with Gasteiger partial charge in [0, 0.05) is 26.2 Å². The average Bonchev–Trinajstić information content (AvgIpc) is 2.30. The normalized spacial score (nSPS) is 16.9. The first kappa shape index (κ1) is 11.3. The Kier molecular flexibility index (Phi) is 3.33. The summed E-state index contributed by atoms with van der Waals surface area (Å²) in [5.74, 6) is -0.792. The van der Waals surface area contributed by atoms with Gasteiger partial charge < -0.3 is 10.2 Å². The molecule has 0 bridgehead atoms. The lowest BCUT2D eigenvalue weighted by molar-refractivity contribution is 0.146. The van der Waals surface area contributed by atoms with Gasteiger partial charge in [-0.15, -0.1) is 0 Å². The van der Waals surface area contributed by atoms with Gasteiger partial charge in [-0.2, -0.15) is 0 Å². The Morgan fingerprint density at radius 2 is 1.88 bits per heavy atom. The van der Waals surface area contributed by atoms with Crippen LogP contribution in [0.4, 0.5) is 18.9 Å². The van der Waals surface area contributed by atoms with Crippen molar-refractivity contribution < 1.29 is 13.2 Å². The largest absolute Gasteiger partial charge is 0.367 e. The summed E-state index contributed by atoms with van der Waals surface area (Å²) in [5.41, 5.74) is -0.240. The molecule has 1 N–H and O–H groups in total. The molecular formula is C11H13F3N2. The van der Waals surface area contributed by atoms with Crippen molar-refractivity contribution in [2.75, 3.05) is 31.1 Å². The number of anilines is 1. The van der Waals surface area contributed by atoms with E-state index in [0.717, 1.165) is 19.2 Å². The van der Waals surface area contributed by atoms with Crippen molar-refractivity contribution in [3.05, 3.63) is 29.6 Å². The van der Waals surface area contributed by atoms with E-state index in [4.69, 9.17) is 0 Å². The van der Waals surface area contributed by atoms with Crippen LogP contribution in [0.15, 0.2) is 18.2 Å². The first-order valence-corrected chi connectivity index (χ1v) is 5.22. The number of nitrogens with one attached hydrogen (secondary N) is 1. The molecule has 0 unspecified atom stereocenters. The predicted octanol–water partition coefficient (Wildman–Crippen LogP) is 2.17. The van der Waals surface area contributed by atoms with Crippen molar-refractivity contribution in [3.8, 4) is 0 Å². The van der Waals surface area contributed by atoms with E-state index >= 15 is 0 Å². The molecule has 16 heavy (non-hydrogen) atoms. The predicted molar refractivity (Wildman–Crippen MR) is 56.4 cm³/mol. The van der Waals surface area contributed by atoms with Gasteiger partial charge in [-0.1, -0.05) is 12.1 Å². The van der Waals surface area contributed by atoms with Gasteiger partial charge in [0.1, 0.15) is 0 Å². The van der Waals surface area contributed by atoms with Crippen LogP contribution in [0.5, 0.6) is 0 Å². The highest BCUT2D eigenvalue weighted by Gasteiger charge is 2.20. The quantitative estimate of drug-likeness (QED) is 0.837. The van der Waals surface area contributed by atoms with Gasteiger partial charge in [-0.05, 0) is 6.07 Å². The molecule has 88 valence electrons. The lowest BCUT2D eigenvalue weighted by Gasteiger charge is -2.30. The number of piperazine rings is 1. The molecule has 1 aromatic carbocycles. The van der Waals surface area contributed by atoms with Crippen LogP contribution < -0.4 is 10.2 Å². The molecule has 1 aliphatic heterocycles. The summed E-state index contributed by atoms with van der Waals surface area (Å²) in [7, 11) is 0. The lowest BCUT2D eigenvalue weighted by Crippen LogP contribution is -2.43. The maximum absolute atomic E-state index is 13.8. The van der Waals surface area contributed by atoms with E-state index in [2.05, 4.69) is 5.32 Å². The first-order valence-electron chi connectivity index (χ1n) is 5.22. The van der Waals surface area contributed by atoms with Crippen LogP contribution in [-0.4, -0.2) is 26.2 Å². The van der Waals surface area contributed by atoms with Crippen LogP contribution in [0.2, 0.25) is 0 Å². The average molecular weight is 230 g/mol. The molecule has 1 saturated heterocycles. The Balaban J connectivity index is 2.29. The second-order valence-electron chi connectivity index (χ2n) is 3.72. The van der Waals surface area contributed by atoms with Crippen molar-refractivity contribution in [2.24, 2.45) is 0 Å². The monoisotopic (exact) mass is 230 g/mol. The number of hydrogen-bond acceptors (Lipinski definition) is 2. The minimum Gasteiger partial charge on any atom is -0.367 e. The molecule has 1 heterocycles. The van der Waals surface area contributed by atoms with E-state index in [-0.39, 0.29) is 5.69 Å². The van der Waals surface area contributed by atoms with Gasteiger partial charge in [0.15, 0.2) is 5.82 Å². The molecule has 5 heteroatoms. The fourth-order valence-corrected chi connectivity index (χ4v) is 1.86. The summed E-state index contributed by atoms with van der Waals surface area (Å²) < 4.78 is 38.8. The van der Waals surface area contributed by atoms with Crippen LogP contribution in [0.3, 0.4) is 0 Å². The van der Waals surface area contributed by atoms with Gasteiger partial charge in [0.05, 0.1) is 11.3 Å². The van der Waals surface area contributed by atoms with E-state index in [1.54, 1.807) is 11.0 Å². The molecular weight excluding hydrogens is 217 g/mol. The van der Waals surface area contributed by atoms with Gasteiger partial charge >= 0.3 is 0 Å². The molecule has 2 rings (SSSR count). The Morgan fingerprint density at radius 3 is 2.50 bits per heavy atom. The second kappa shape index (κ2) is 4.74. The summed E-state index contributed by atoms with van der Waals surface area (Å²) in [6.45, 7) is 2.78. The second-order valence-corrected chi connectivity index (χ2v) is 3.72. The molecule has 2 nitrogen and oxygen atoms in total. The number of rotatable bonds is 2. The maximum Gasteiger partial charge on any atom is 0.266 e. The Bertz CT molecular complexity index is 362. The van der Waals surface area contributed by atoms with Crippen LogP contribution in [0.1, 0.15) is 12.0 Å². The molecule has 0 radical (unpaired) electrons. The van der Waals surface area contributed by atoms with E-state index in [1.165, 1.54) is 6.07 Å². The van der Waals surface area contributed by atoms with Crippen molar-refractivity contribution in [1.82, 2.24) is 5.32 Å². The van der Waals surface area contributed by atoms with Crippen LogP contribution in [0.25, 0.3) is 0 Å². The van der Waals surface area contributed by atoms with E-state index in [0.29, 0.717) is 13.1 Å². The summed E-state index contributed by atoms with van der Waals surface area (Å²) in [4.78, 5) is 1.79. The van der Waals surface area contributed by atoms with Crippen LogP contribution in [-0.2, 0) is 0 Å². The van der Waals surface area contributed by atoms with Crippen molar-refractivity contribution in [1.29, 1.82) is 0 Å². The Hall–Kier alpha value is -1.23. The summed E-state index contributed by atoms with van der Waals surface area (Å²) in [6.07, 6.45) is -2.76. The summed E-state index contributed by atoms with van der Waals surface area (Å²) in [6, 6.07) is 4.15. The van der Waals surface area contributed by atoms with Crippen molar-refractivity contribution >= 4 is 5.69 Å². The van der Waals surface area contributed by atoms with E-state index in [9.17, 15) is 13.2 Å². The van der Waals surface area contributed by atoms with Gasteiger partial charge in [0.25, 0.3) is 6.43 Å². The third kappa shape index (κ3) is 2.14. The zero-order valence-electron chi connectivity index (χ0n) is 8.72. The lowest BCUT2D eigenvalue weighted by atomic mass is 10.1. The maximum atomic E-state index is 13.8. The number of benzene rings is 1. The fraction of sp³-hybridized carbons (Fsp3) is 0.455. The topological polar surface area (TPSA) is 15.3 Å². The summed E-state index contributed by atoms with van der Waals surface area (Å²) >= 11 is 0. The van der Waals surface area contributed by atoms with E-state index < -0.39 is 17.8 Å². The van der Waals surface area contributed by atoms with E-state index in [1.807, 2.05) is 0 Å². The van der Waals surface area contributed by atoms with Gasteiger partial charge in [-0.25, -0.2) is 13.2 Å². The molecule has 1 aromatic rings. The molecule has 0 atom stereocenters. The minimum absolute atomic E-state index is 0.277. The van der Waals surface area contributed by atoms with Crippen LogP contribution in [0, 0.1) is 5.82 Å². The number of alkyl halides is 2. The molecule has 0 amide bonds. The zero-order valence-corrected chi connectivity index (χ0v) is 8.72. The highest BCUT2D eigenvalue weighted by atomic mass is 19.3. The van der Waals surface area contributed by atoms with Gasteiger partial charge in [-0.3, -0.25) is 0 Å². The number of hydrogen-bond donors (Lipinski definition) is 1. The highest BCUT2D eigenvalue weighted by molar-refractivity contribution is 5.51. The minimum atomic E-state index is -2.76. The first-order chi connectivity index (χ1) is 7.70. The Labute approximate surface area is 92.1 Å². The van der Waals surface area contributed by atoms with Gasteiger partial charge in [0.2, 0.25) is 0 Å². The fourth-order valence-electron chi connectivity index (χ4n) is 1.86. The molecule has 1 aliphatic rings. The highest BCUT2D eigenvalue weighted by Crippen LogP contribution is 2.28. The molecule has 0 aromatic heterocycles. The van der Waals surface area contributed by atoms with Crippen molar-refractivity contribution in [3.63, 3.8) is 0 Å². The van der Waals surface area contributed by atoms with Crippen LogP contribution >= 0.6 is 0 Å². The zero-order chi connectivity index (χ0) is 11.5.